The van der Waals surface area contributed by atoms with E-state index in [2.05, 4.69) is 37.5 Å². The SMILES string of the molecule is C=Cc1c(-c2cccc(CO)c2)cc(CC)nc1CC. The average molecular weight is 267 g/mol. The van der Waals surface area contributed by atoms with Crippen molar-refractivity contribution < 1.29 is 5.11 Å². The fraction of sp³-hybridized carbons (Fsp3) is 0.278. The average Bonchev–Trinajstić information content (AvgIpc) is 2.53. The molecule has 2 nitrogen and oxygen atoms in total. The highest BCUT2D eigenvalue weighted by Gasteiger charge is 2.10. The molecular formula is C18H21NO. The second kappa shape index (κ2) is 6.49. The number of nitrogens with zero attached hydrogens (tertiary/aromatic N) is 1. The van der Waals surface area contributed by atoms with Crippen LogP contribution in [0.15, 0.2) is 36.9 Å². The summed E-state index contributed by atoms with van der Waals surface area (Å²) in [7, 11) is 0. The number of aryl methyl sites for hydroxylation is 2. The number of aromatic nitrogens is 1. The van der Waals surface area contributed by atoms with Crippen LogP contribution < -0.4 is 0 Å². The molecule has 0 aliphatic carbocycles. The van der Waals surface area contributed by atoms with E-state index in [1.165, 1.54) is 0 Å². The van der Waals surface area contributed by atoms with E-state index in [1.807, 2.05) is 24.3 Å². The highest BCUT2D eigenvalue weighted by molar-refractivity contribution is 5.76. The van der Waals surface area contributed by atoms with Crippen molar-refractivity contribution in [3.63, 3.8) is 0 Å². The molecule has 0 unspecified atom stereocenters. The Hall–Kier alpha value is -1.93. The first-order chi connectivity index (χ1) is 9.73. The van der Waals surface area contributed by atoms with E-state index in [-0.39, 0.29) is 6.61 Å². The van der Waals surface area contributed by atoms with Crippen LogP contribution in [0.2, 0.25) is 0 Å². The van der Waals surface area contributed by atoms with Crippen LogP contribution >= 0.6 is 0 Å². The van der Waals surface area contributed by atoms with E-state index in [0.717, 1.165) is 46.5 Å². The first-order valence-corrected chi connectivity index (χ1v) is 7.08. The quantitative estimate of drug-likeness (QED) is 0.888. The molecule has 1 aromatic heterocycles. The predicted octanol–water partition coefficient (Wildman–Crippen LogP) is 4.01. The van der Waals surface area contributed by atoms with Gasteiger partial charge in [-0.25, -0.2) is 0 Å². The van der Waals surface area contributed by atoms with Crippen molar-refractivity contribution in [1.82, 2.24) is 4.98 Å². The van der Waals surface area contributed by atoms with Gasteiger partial charge >= 0.3 is 0 Å². The van der Waals surface area contributed by atoms with Gasteiger partial charge in [0, 0.05) is 17.0 Å². The van der Waals surface area contributed by atoms with E-state index in [0.29, 0.717) is 0 Å². The molecule has 0 saturated heterocycles. The van der Waals surface area contributed by atoms with Gasteiger partial charge in [0.25, 0.3) is 0 Å². The summed E-state index contributed by atoms with van der Waals surface area (Å²) in [6.07, 6.45) is 3.69. The lowest BCUT2D eigenvalue weighted by molar-refractivity contribution is 0.282. The summed E-state index contributed by atoms with van der Waals surface area (Å²) in [5, 5.41) is 9.30. The summed E-state index contributed by atoms with van der Waals surface area (Å²) < 4.78 is 0. The van der Waals surface area contributed by atoms with Gasteiger partial charge in [0.1, 0.15) is 0 Å². The number of rotatable bonds is 5. The molecule has 0 aliphatic heterocycles. The largest absolute Gasteiger partial charge is 0.392 e. The third-order valence-electron chi connectivity index (χ3n) is 3.51. The molecule has 1 N–H and O–H groups in total. The van der Waals surface area contributed by atoms with Crippen LogP contribution in [0, 0.1) is 0 Å². The molecule has 2 heteroatoms. The molecule has 20 heavy (non-hydrogen) atoms. The molecular weight excluding hydrogens is 246 g/mol. The van der Waals surface area contributed by atoms with Crippen LogP contribution in [-0.2, 0) is 19.4 Å². The van der Waals surface area contributed by atoms with E-state index >= 15 is 0 Å². The molecule has 104 valence electrons. The van der Waals surface area contributed by atoms with E-state index in [9.17, 15) is 5.11 Å². The Labute approximate surface area is 120 Å². The molecule has 0 spiro atoms. The van der Waals surface area contributed by atoms with Crippen LogP contribution in [0.4, 0.5) is 0 Å². The number of hydrogen-bond acceptors (Lipinski definition) is 2. The molecule has 1 aromatic carbocycles. The molecule has 0 radical (unpaired) electrons. The Balaban J connectivity index is 2.66. The first-order valence-electron chi connectivity index (χ1n) is 7.08. The zero-order valence-corrected chi connectivity index (χ0v) is 12.2. The molecule has 0 fully saturated rings. The molecule has 0 aliphatic rings. The second-order valence-electron chi connectivity index (χ2n) is 4.79. The van der Waals surface area contributed by atoms with Crippen molar-refractivity contribution in [3.8, 4) is 11.1 Å². The van der Waals surface area contributed by atoms with Gasteiger partial charge in [-0.2, -0.15) is 0 Å². The maximum absolute atomic E-state index is 9.30. The van der Waals surface area contributed by atoms with E-state index in [1.54, 1.807) is 0 Å². The van der Waals surface area contributed by atoms with Gasteiger partial charge in [-0.3, -0.25) is 4.98 Å². The van der Waals surface area contributed by atoms with Crippen LogP contribution in [0.3, 0.4) is 0 Å². The number of benzene rings is 1. The lowest BCUT2D eigenvalue weighted by Gasteiger charge is -2.13. The van der Waals surface area contributed by atoms with Crippen molar-refractivity contribution in [3.05, 3.63) is 59.4 Å². The van der Waals surface area contributed by atoms with Gasteiger partial charge in [-0.15, -0.1) is 0 Å². The molecule has 1 heterocycles. The summed E-state index contributed by atoms with van der Waals surface area (Å²) in [5.74, 6) is 0. The monoisotopic (exact) mass is 267 g/mol. The highest BCUT2D eigenvalue weighted by atomic mass is 16.3. The van der Waals surface area contributed by atoms with Crippen LogP contribution in [0.5, 0.6) is 0 Å². The summed E-state index contributed by atoms with van der Waals surface area (Å²) in [6.45, 7) is 8.22. The Morgan fingerprint density at radius 1 is 1.20 bits per heavy atom. The fourth-order valence-corrected chi connectivity index (χ4v) is 2.42. The maximum atomic E-state index is 9.30. The van der Waals surface area contributed by atoms with Gasteiger partial charge in [-0.1, -0.05) is 44.7 Å². The normalized spacial score (nSPS) is 10.6. The second-order valence-corrected chi connectivity index (χ2v) is 4.79. The number of hydrogen-bond donors (Lipinski definition) is 1. The molecule has 0 atom stereocenters. The van der Waals surface area contributed by atoms with E-state index in [4.69, 9.17) is 0 Å². The van der Waals surface area contributed by atoms with Crippen molar-refractivity contribution in [1.29, 1.82) is 0 Å². The molecule has 0 bridgehead atoms. The molecule has 2 aromatic rings. The van der Waals surface area contributed by atoms with Crippen LogP contribution in [-0.4, -0.2) is 10.1 Å². The van der Waals surface area contributed by atoms with Crippen molar-refractivity contribution in [2.45, 2.75) is 33.3 Å². The minimum atomic E-state index is 0.0591. The predicted molar refractivity (Wildman–Crippen MR) is 84.4 cm³/mol. The number of aliphatic hydroxyl groups excluding tert-OH is 1. The minimum Gasteiger partial charge on any atom is -0.392 e. The Kier molecular flexibility index (Phi) is 4.70. The van der Waals surface area contributed by atoms with Crippen molar-refractivity contribution in [2.24, 2.45) is 0 Å². The summed E-state index contributed by atoms with van der Waals surface area (Å²) in [4.78, 5) is 4.69. The summed E-state index contributed by atoms with van der Waals surface area (Å²) in [6, 6.07) is 10.1. The molecule has 2 rings (SSSR count). The zero-order chi connectivity index (χ0) is 14.5. The van der Waals surface area contributed by atoms with Gasteiger partial charge in [-0.05, 0) is 41.7 Å². The Morgan fingerprint density at radius 2 is 2.00 bits per heavy atom. The maximum Gasteiger partial charge on any atom is 0.0682 e. The number of aliphatic hydroxyl groups is 1. The Morgan fingerprint density at radius 3 is 2.60 bits per heavy atom. The van der Waals surface area contributed by atoms with Gasteiger partial charge < -0.3 is 5.11 Å². The summed E-state index contributed by atoms with van der Waals surface area (Å²) >= 11 is 0. The lowest BCUT2D eigenvalue weighted by Crippen LogP contribution is -2.00. The fourth-order valence-electron chi connectivity index (χ4n) is 2.42. The van der Waals surface area contributed by atoms with Gasteiger partial charge in [0.2, 0.25) is 0 Å². The number of pyridine rings is 1. The van der Waals surface area contributed by atoms with Crippen molar-refractivity contribution >= 4 is 6.08 Å². The van der Waals surface area contributed by atoms with Crippen molar-refractivity contribution in [2.75, 3.05) is 0 Å². The van der Waals surface area contributed by atoms with Gasteiger partial charge in [0.15, 0.2) is 0 Å². The standard InChI is InChI=1S/C18H21NO/c1-4-15-11-17(16(5-2)18(6-3)19-15)14-9-7-8-13(10-14)12-20/h5,7-11,20H,2,4,6,12H2,1,3H3. The zero-order valence-electron chi connectivity index (χ0n) is 12.2. The van der Waals surface area contributed by atoms with E-state index < -0.39 is 0 Å². The first kappa shape index (κ1) is 14.5. The van der Waals surface area contributed by atoms with Crippen LogP contribution in [0.1, 0.15) is 36.4 Å². The lowest BCUT2D eigenvalue weighted by atomic mass is 9.95. The Bertz CT molecular complexity index is 617. The molecule has 0 amide bonds. The third-order valence-corrected chi connectivity index (χ3v) is 3.51. The topological polar surface area (TPSA) is 33.1 Å². The summed E-state index contributed by atoms with van der Waals surface area (Å²) in [5.41, 5.74) is 6.46. The smallest absolute Gasteiger partial charge is 0.0682 e. The minimum absolute atomic E-state index is 0.0591. The van der Waals surface area contributed by atoms with Gasteiger partial charge in [0.05, 0.1) is 6.61 Å². The van der Waals surface area contributed by atoms with Crippen LogP contribution in [0.25, 0.3) is 17.2 Å². The highest BCUT2D eigenvalue weighted by Crippen LogP contribution is 2.28. The third kappa shape index (κ3) is 2.81. The molecule has 0 saturated carbocycles.